The van der Waals surface area contributed by atoms with Crippen molar-refractivity contribution < 1.29 is 0 Å². The van der Waals surface area contributed by atoms with Gasteiger partial charge in [0.25, 0.3) is 0 Å². The molecule has 0 spiro atoms. The monoisotopic (exact) mass is 384 g/mol. The van der Waals surface area contributed by atoms with Gasteiger partial charge in [-0.05, 0) is 36.9 Å². The molecule has 3 heterocycles. The van der Waals surface area contributed by atoms with Gasteiger partial charge in [-0.3, -0.25) is 0 Å². The lowest BCUT2D eigenvalue weighted by molar-refractivity contribution is 0.313. The van der Waals surface area contributed by atoms with Crippen LogP contribution >= 0.6 is 0 Å². The van der Waals surface area contributed by atoms with Crippen LogP contribution in [0.25, 0.3) is 33.5 Å². The molecule has 0 amide bonds. The number of hydrogen-bond donors (Lipinski definition) is 2. The van der Waals surface area contributed by atoms with E-state index in [1.54, 1.807) is 0 Å². The molecule has 0 saturated carbocycles. The summed E-state index contributed by atoms with van der Waals surface area (Å²) in [5.74, 6) is 0. The molecule has 0 atom stereocenters. The molecule has 0 aliphatic carbocycles. The van der Waals surface area contributed by atoms with Crippen LogP contribution in [0.4, 0.5) is 11.4 Å². The fourth-order valence-corrected chi connectivity index (χ4v) is 3.82. The number of H-pyrrole nitrogens is 1. The van der Waals surface area contributed by atoms with Crippen molar-refractivity contribution in [2.45, 2.75) is 0 Å². The molecule has 0 bridgehead atoms. The highest BCUT2D eigenvalue weighted by atomic mass is 15.2. The highest BCUT2D eigenvalue weighted by Gasteiger charge is 2.15. The van der Waals surface area contributed by atoms with Gasteiger partial charge < -0.3 is 20.5 Å². The summed E-state index contributed by atoms with van der Waals surface area (Å²) >= 11 is 0. The average molecular weight is 384 g/mol. The van der Waals surface area contributed by atoms with Crippen LogP contribution in [0.3, 0.4) is 0 Å². The Labute approximate surface area is 170 Å². The molecule has 1 fully saturated rings. The van der Waals surface area contributed by atoms with Crippen molar-refractivity contribution >= 4 is 22.5 Å². The van der Waals surface area contributed by atoms with Crippen LogP contribution in [0, 0.1) is 0 Å². The first-order valence-corrected chi connectivity index (χ1v) is 9.91. The minimum Gasteiger partial charge on any atom is -0.399 e. The van der Waals surface area contributed by atoms with Crippen molar-refractivity contribution in [1.82, 2.24) is 19.9 Å². The van der Waals surface area contributed by atoms with Crippen LogP contribution in [-0.4, -0.2) is 53.1 Å². The molecule has 5 rings (SSSR count). The number of fused-ring (bicyclic) bond motifs is 1. The summed E-state index contributed by atoms with van der Waals surface area (Å²) in [5, 5.41) is 0. The van der Waals surface area contributed by atoms with Crippen molar-refractivity contribution in [3.8, 4) is 22.4 Å². The lowest BCUT2D eigenvalue weighted by Gasteiger charge is -2.34. The maximum Gasteiger partial charge on any atom is 0.156 e. The smallest absolute Gasteiger partial charge is 0.156 e. The van der Waals surface area contributed by atoms with Gasteiger partial charge in [-0.1, -0.05) is 24.3 Å². The van der Waals surface area contributed by atoms with E-state index in [0.29, 0.717) is 0 Å². The first-order valence-electron chi connectivity index (χ1n) is 9.91. The molecule has 1 saturated heterocycles. The highest BCUT2D eigenvalue weighted by molar-refractivity contribution is 5.91. The number of likely N-dealkylation sites (N-methyl/N-ethyl adjacent to an activating group) is 1. The van der Waals surface area contributed by atoms with Gasteiger partial charge in [0, 0.05) is 54.9 Å². The second kappa shape index (κ2) is 7.22. The van der Waals surface area contributed by atoms with Gasteiger partial charge in [-0.25, -0.2) is 9.97 Å². The summed E-state index contributed by atoms with van der Waals surface area (Å²) in [4.78, 5) is 17.5. The zero-order valence-electron chi connectivity index (χ0n) is 16.5. The lowest BCUT2D eigenvalue weighted by Crippen LogP contribution is -2.44. The van der Waals surface area contributed by atoms with E-state index in [-0.39, 0.29) is 0 Å². The highest BCUT2D eigenvalue weighted by Crippen LogP contribution is 2.29. The number of rotatable bonds is 3. The van der Waals surface area contributed by atoms with Gasteiger partial charge in [0.05, 0.1) is 11.9 Å². The molecule has 29 heavy (non-hydrogen) atoms. The van der Waals surface area contributed by atoms with Gasteiger partial charge in [-0.15, -0.1) is 0 Å². The normalized spacial score (nSPS) is 15.1. The van der Waals surface area contributed by atoms with E-state index in [4.69, 9.17) is 10.7 Å². The topological polar surface area (TPSA) is 74.1 Å². The molecular formula is C23H24N6. The zero-order valence-corrected chi connectivity index (χ0v) is 16.5. The van der Waals surface area contributed by atoms with E-state index in [1.165, 1.54) is 5.69 Å². The number of nitrogens with two attached hydrogens (primary N) is 1. The summed E-state index contributed by atoms with van der Waals surface area (Å²) in [6.45, 7) is 4.34. The van der Waals surface area contributed by atoms with Crippen molar-refractivity contribution in [1.29, 1.82) is 0 Å². The lowest BCUT2D eigenvalue weighted by atomic mass is 10.1. The Hall–Kier alpha value is -3.38. The summed E-state index contributed by atoms with van der Waals surface area (Å²) in [5.41, 5.74) is 13.5. The molecule has 2 aromatic heterocycles. The molecule has 6 heteroatoms. The SMILES string of the molecule is CN1CCN(c2ccc(-c3cnc4[nH]cc(-c5ccc(N)cc5)c4n3)cc2)CC1. The Morgan fingerprint density at radius 3 is 2.31 bits per heavy atom. The van der Waals surface area contributed by atoms with Gasteiger partial charge in [-0.2, -0.15) is 0 Å². The largest absolute Gasteiger partial charge is 0.399 e. The van der Waals surface area contributed by atoms with Gasteiger partial charge >= 0.3 is 0 Å². The van der Waals surface area contributed by atoms with Gasteiger partial charge in [0.2, 0.25) is 0 Å². The minimum atomic E-state index is 0.751. The molecule has 0 unspecified atom stereocenters. The predicted octanol–water partition coefficient (Wildman–Crippen LogP) is 3.63. The van der Waals surface area contributed by atoms with Crippen LogP contribution < -0.4 is 10.6 Å². The number of aromatic amines is 1. The third kappa shape index (κ3) is 3.43. The number of anilines is 2. The van der Waals surface area contributed by atoms with E-state index >= 15 is 0 Å². The second-order valence-corrected chi connectivity index (χ2v) is 7.61. The van der Waals surface area contributed by atoms with Crippen LogP contribution in [0.1, 0.15) is 0 Å². The summed E-state index contributed by atoms with van der Waals surface area (Å²) in [6, 6.07) is 16.5. The molecule has 1 aliphatic heterocycles. The molecule has 2 aromatic carbocycles. The minimum absolute atomic E-state index is 0.751. The number of aromatic nitrogens is 3. The number of nitrogen functional groups attached to an aromatic ring is 1. The van der Waals surface area contributed by atoms with E-state index in [0.717, 1.165) is 65.4 Å². The molecule has 1 aliphatic rings. The van der Waals surface area contributed by atoms with Gasteiger partial charge in [0.15, 0.2) is 5.65 Å². The van der Waals surface area contributed by atoms with Crippen molar-refractivity contribution in [3.05, 3.63) is 60.9 Å². The number of nitrogens with zero attached hydrogens (tertiary/aromatic N) is 4. The van der Waals surface area contributed by atoms with Crippen LogP contribution in [0.5, 0.6) is 0 Å². The van der Waals surface area contributed by atoms with Crippen LogP contribution in [0.2, 0.25) is 0 Å². The number of benzene rings is 2. The Morgan fingerprint density at radius 1 is 0.897 bits per heavy atom. The third-order valence-corrected chi connectivity index (χ3v) is 5.63. The van der Waals surface area contributed by atoms with E-state index in [9.17, 15) is 0 Å². The third-order valence-electron chi connectivity index (χ3n) is 5.63. The summed E-state index contributed by atoms with van der Waals surface area (Å²) < 4.78 is 0. The first kappa shape index (κ1) is 17.7. The quantitative estimate of drug-likeness (QED) is 0.528. The van der Waals surface area contributed by atoms with E-state index in [1.807, 2.05) is 36.7 Å². The van der Waals surface area contributed by atoms with Crippen LogP contribution in [-0.2, 0) is 0 Å². The number of hydrogen-bond acceptors (Lipinski definition) is 5. The van der Waals surface area contributed by atoms with Gasteiger partial charge in [0.1, 0.15) is 5.52 Å². The summed E-state index contributed by atoms with van der Waals surface area (Å²) in [6.07, 6.45) is 3.78. The van der Waals surface area contributed by atoms with Crippen molar-refractivity contribution in [2.75, 3.05) is 43.9 Å². The standard InChI is InChI=1S/C23H24N6/c1-28-10-12-29(13-11-28)19-8-4-17(5-9-19)21-15-26-23-22(27-21)20(14-25-23)16-2-6-18(24)7-3-16/h2-9,14-15H,10-13,24H2,1H3,(H,25,26). The summed E-state index contributed by atoms with van der Waals surface area (Å²) in [7, 11) is 2.18. The average Bonchev–Trinajstić information content (AvgIpc) is 3.18. The zero-order chi connectivity index (χ0) is 19.8. The van der Waals surface area contributed by atoms with E-state index < -0.39 is 0 Å². The molecule has 6 nitrogen and oxygen atoms in total. The molecule has 3 N–H and O–H groups in total. The van der Waals surface area contributed by atoms with E-state index in [2.05, 4.69) is 51.1 Å². The predicted molar refractivity (Wildman–Crippen MR) is 119 cm³/mol. The fraction of sp³-hybridized carbons (Fsp3) is 0.217. The Morgan fingerprint density at radius 2 is 1.59 bits per heavy atom. The van der Waals surface area contributed by atoms with Crippen LogP contribution in [0.15, 0.2) is 60.9 Å². The Bertz CT molecular complexity index is 1120. The maximum atomic E-state index is 5.82. The molecular weight excluding hydrogens is 360 g/mol. The first-order chi connectivity index (χ1) is 14.2. The Kier molecular flexibility index (Phi) is 4.41. The molecule has 4 aromatic rings. The second-order valence-electron chi connectivity index (χ2n) is 7.61. The Balaban J connectivity index is 1.46. The number of piperazine rings is 1. The number of nitrogens with one attached hydrogen (secondary N) is 1. The van der Waals surface area contributed by atoms with Crippen molar-refractivity contribution in [2.24, 2.45) is 0 Å². The molecule has 0 radical (unpaired) electrons. The van der Waals surface area contributed by atoms with Crippen molar-refractivity contribution in [3.63, 3.8) is 0 Å². The fourth-order valence-electron chi connectivity index (χ4n) is 3.82. The molecule has 146 valence electrons. The maximum absolute atomic E-state index is 5.82.